The van der Waals surface area contributed by atoms with E-state index in [1.165, 1.54) is 38.5 Å². The molecule has 0 saturated heterocycles. The molecule has 0 aliphatic heterocycles. The topological polar surface area (TPSA) is 74.6 Å². The first kappa shape index (κ1) is 21.2. The molecule has 0 atom stereocenters. The molecule has 4 nitrogen and oxygen atoms in total. The first-order chi connectivity index (χ1) is 6.41. The molecule has 0 bridgehead atoms. The molecule has 0 amide bonds. The third kappa shape index (κ3) is 52.2. The van der Waals surface area contributed by atoms with Crippen LogP contribution < -0.4 is 29.6 Å². The van der Waals surface area contributed by atoms with Crippen LogP contribution in [0.15, 0.2) is 0 Å². The van der Waals surface area contributed by atoms with Gasteiger partial charge < -0.3 is 6.92 Å². The molecule has 0 fully saturated rings. The van der Waals surface area contributed by atoms with Gasteiger partial charge in [0, 0.05) is 0 Å². The van der Waals surface area contributed by atoms with E-state index in [4.69, 9.17) is 17.5 Å². The number of hydrogen-bond donors (Lipinski definition) is 2. The van der Waals surface area contributed by atoms with Gasteiger partial charge >= 0.3 is 40.0 Å². The molecule has 6 heteroatoms. The van der Waals surface area contributed by atoms with Gasteiger partial charge in [-0.15, -0.1) is 0 Å². The van der Waals surface area contributed by atoms with Gasteiger partial charge in [0.1, 0.15) is 0 Å². The van der Waals surface area contributed by atoms with E-state index in [9.17, 15) is 0 Å². The second-order valence-electron chi connectivity index (χ2n) is 3.07. The van der Waals surface area contributed by atoms with Gasteiger partial charge in [-0.1, -0.05) is 45.4 Å². The summed E-state index contributed by atoms with van der Waals surface area (Å²) < 4.78 is 31.6. The van der Waals surface area contributed by atoms with E-state index in [0.717, 1.165) is 6.42 Å². The van der Waals surface area contributed by atoms with Crippen molar-refractivity contribution in [3.05, 3.63) is 6.92 Å². The minimum atomic E-state index is -4.67. The summed E-state index contributed by atoms with van der Waals surface area (Å²) in [7, 11) is -4.67. The van der Waals surface area contributed by atoms with Crippen LogP contribution in [0.3, 0.4) is 0 Å². The van der Waals surface area contributed by atoms with Crippen LogP contribution in [-0.2, 0) is 10.4 Å². The predicted molar refractivity (Wildman–Crippen MR) is 57.5 cm³/mol. The van der Waals surface area contributed by atoms with Gasteiger partial charge in [-0.3, -0.25) is 9.11 Å². The molecule has 2 N–H and O–H groups in total. The molecule has 0 aliphatic carbocycles. The Balaban J connectivity index is -0.000000208. The van der Waals surface area contributed by atoms with Gasteiger partial charge in [-0.2, -0.15) is 14.8 Å². The Kier molecular flexibility index (Phi) is 21.0. The van der Waals surface area contributed by atoms with Crippen molar-refractivity contribution < 1.29 is 47.1 Å². The molecule has 88 valence electrons. The first-order valence-electron chi connectivity index (χ1n) is 4.91. The van der Waals surface area contributed by atoms with Crippen molar-refractivity contribution in [1.29, 1.82) is 0 Å². The smallest absolute Gasteiger partial charge is 0.343 e. The largest absolute Gasteiger partial charge is 1.00 e. The maximum atomic E-state index is 8.74. The molecule has 0 spiro atoms. The molecule has 0 aromatic heterocycles. The van der Waals surface area contributed by atoms with Gasteiger partial charge in [0.05, 0.1) is 0 Å². The summed E-state index contributed by atoms with van der Waals surface area (Å²) in [6, 6.07) is 0. The zero-order chi connectivity index (χ0) is 11.4. The summed E-state index contributed by atoms with van der Waals surface area (Å²) in [6.45, 7) is 6.05. The Bertz CT molecular complexity index is 178. The summed E-state index contributed by atoms with van der Waals surface area (Å²) in [6.07, 6.45) is 9.45. The quantitative estimate of drug-likeness (QED) is 0.298. The van der Waals surface area contributed by atoms with Crippen LogP contribution >= 0.6 is 0 Å². The Hall–Kier alpha value is 0.870. The standard InChI is InChI=1S/C9H19.Na.H2O4S/c1-3-5-7-9-8-6-4-2;;1-5(2,3)4/h1,3-9H2,2H3;;(H2,1,2,3,4)/q-1;+1;. The van der Waals surface area contributed by atoms with Crippen molar-refractivity contribution in [2.45, 2.75) is 51.9 Å². The average Bonchev–Trinajstić information content (AvgIpc) is 2.01. The molecule has 15 heavy (non-hydrogen) atoms. The first-order valence-corrected chi connectivity index (χ1v) is 6.30. The summed E-state index contributed by atoms with van der Waals surface area (Å²) in [5, 5.41) is 0. The molecule has 0 aromatic rings. The minimum Gasteiger partial charge on any atom is -0.343 e. The fourth-order valence-corrected chi connectivity index (χ4v) is 0.957. The normalized spacial score (nSPS) is 9.87. The maximum absolute atomic E-state index is 8.74. The molecule has 0 rings (SSSR count). The molecule has 0 unspecified atom stereocenters. The van der Waals surface area contributed by atoms with Crippen LogP contribution in [0.1, 0.15) is 51.9 Å². The Morgan fingerprint density at radius 3 is 1.67 bits per heavy atom. The van der Waals surface area contributed by atoms with Crippen LogP contribution in [-0.4, -0.2) is 17.5 Å². The van der Waals surface area contributed by atoms with Crippen LogP contribution in [0.4, 0.5) is 0 Å². The average molecular weight is 248 g/mol. The second-order valence-corrected chi connectivity index (χ2v) is 3.96. The van der Waals surface area contributed by atoms with Crippen LogP contribution in [0, 0.1) is 6.92 Å². The van der Waals surface area contributed by atoms with Gasteiger partial charge in [0.15, 0.2) is 0 Å². The van der Waals surface area contributed by atoms with Gasteiger partial charge in [-0.25, -0.2) is 0 Å². The van der Waals surface area contributed by atoms with Gasteiger partial charge in [-0.05, 0) is 0 Å². The predicted octanol–water partition coefficient (Wildman–Crippen LogP) is -0.0777. The second kappa shape index (κ2) is 14.9. The van der Waals surface area contributed by atoms with E-state index in [0.29, 0.717) is 0 Å². The van der Waals surface area contributed by atoms with E-state index < -0.39 is 10.4 Å². The van der Waals surface area contributed by atoms with Crippen LogP contribution in [0.25, 0.3) is 0 Å². The van der Waals surface area contributed by atoms with Crippen molar-refractivity contribution in [3.8, 4) is 0 Å². The molecule has 0 aromatic carbocycles. The van der Waals surface area contributed by atoms with E-state index >= 15 is 0 Å². The fraction of sp³-hybridized carbons (Fsp3) is 0.889. The van der Waals surface area contributed by atoms with E-state index in [1.54, 1.807) is 0 Å². The molecule has 0 saturated carbocycles. The summed E-state index contributed by atoms with van der Waals surface area (Å²) >= 11 is 0. The fourth-order valence-electron chi connectivity index (χ4n) is 0.957. The van der Waals surface area contributed by atoms with Gasteiger partial charge in [0.2, 0.25) is 0 Å². The van der Waals surface area contributed by atoms with E-state index in [1.807, 2.05) is 0 Å². The summed E-state index contributed by atoms with van der Waals surface area (Å²) in [5.41, 5.74) is 0. The zero-order valence-electron chi connectivity index (χ0n) is 9.78. The summed E-state index contributed by atoms with van der Waals surface area (Å²) in [5.74, 6) is 0. The van der Waals surface area contributed by atoms with Crippen molar-refractivity contribution in [2.75, 3.05) is 0 Å². The van der Waals surface area contributed by atoms with Crippen molar-refractivity contribution in [1.82, 2.24) is 0 Å². The monoisotopic (exact) mass is 248 g/mol. The van der Waals surface area contributed by atoms with Crippen molar-refractivity contribution >= 4 is 10.4 Å². The molecule has 0 aliphatic rings. The van der Waals surface area contributed by atoms with Crippen molar-refractivity contribution in [3.63, 3.8) is 0 Å². The third-order valence-electron chi connectivity index (χ3n) is 1.60. The minimum absolute atomic E-state index is 0. The number of rotatable bonds is 6. The molecular weight excluding hydrogens is 227 g/mol. The van der Waals surface area contributed by atoms with Crippen LogP contribution in [0.5, 0.6) is 0 Å². The van der Waals surface area contributed by atoms with Crippen molar-refractivity contribution in [2.24, 2.45) is 0 Å². The van der Waals surface area contributed by atoms with E-state index in [2.05, 4.69) is 13.8 Å². The third-order valence-corrected chi connectivity index (χ3v) is 1.60. The Morgan fingerprint density at radius 2 is 1.33 bits per heavy atom. The molecule has 0 radical (unpaired) electrons. The molecular formula is C9H21NaO4S. The Labute approximate surface area is 116 Å². The van der Waals surface area contributed by atoms with Gasteiger partial charge in [0.25, 0.3) is 0 Å². The summed E-state index contributed by atoms with van der Waals surface area (Å²) in [4.78, 5) is 0. The zero-order valence-corrected chi connectivity index (χ0v) is 12.6. The Morgan fingerprint density at radius 1 is 1.00 bits per heavy atom. The number of hydrogen-bond acceptors (Lipinski definition) is 2. The van der Waals surface area contributed by atoms with E-state index in [-0.39, 0.29) is 29.6 Å². The maximum Gasteiger partial charge on any atom is 1.00 e. The molecule has 0 heterocycles. The van der Waals surface area contributed by atoms with Crippen LogP contribution in [0.2, 0.25) is 0 Å². The SMILES string of the molecule is O=S(=O)(O)O.[CH2-]CCCCCCCC.[Na+]. The number of unbranched alkanes of at least 4 members (excludes halogenated alkanes) is 6.